The van der Waals surface area contributed by atoms with E-state index in [0.717, 1.165) is 12.8 Å². The van der Waals surface area contributed by atoms with Gasteiger partial charge in [0.2, 0.25) is 0 Å². The Balaban J connectivity index is 2.23. The van der Waals surface area contributed by atoms with Crippen LogP contribution in [-0.4, -0.2) is 20.9 Å². The summed E-state index contributed by atoms with van der Waals surface area (Å²) in [6, 6.07) is 2.93. The monoisotopic (exact) mass is 379 g/mol. The number of benzene rings is 1. The number of nitrogens with one attached hydrogen (secondary N) is 1. The second-order valence-corrected chi connectivity index (χ2v) is 8.41. The van der Waals surface area contributed by atoms with Gasteiger partial charge in [0.15, 0.2) is 0 Å². The van der Waals surface area contributed by atoms with Crippen LogP contribution in [0.15, 0.2) is 21.5 Å². The highest BCUT2D eigenvalue weighted by molar-refractivity contribution is 9.10. The summed E-state index contributed by atoms with van der Waals surface area (Å²) in [6.45, 7) is 2.27. The van der Waals surface area contributed by atoms with Crippen molar-refractivity contribution in [1.82, 2.24) is 5.32 Å². The highest BCUT2D eigenvalue weighted by Gasteiger charge is 2.21. The van der Waals surface area contributed by atoms with Crippen LogP contribution in [0.2, 0.25) is 0 Å². The molecule has 7 heteroatoms. The Labute approximate surface area is 131 Å². The molecule has 110 valence electrons. The summed E-state index contributed by atoms with van der Waals surface area (Å²) < 4.78 is 23.6. The molecule has 1 saturated carbocycles. The summed E-state index contributed by atoms with van der Waals surface area (Å²) in [5, 5.41) is 2.83. The fraction of sp³-hybridized carbons (Fsp3) is 0.462. The lowest BCUT2D eigenvalue weighted by molar-refractivity contribution is 0.0939. The van der Waals surface area contributed by atoms with Crippen molar-refractivity contribution in [2.45, 2.75) is 31.1 Å². The molecule has 0 unspecified atom stereocenters. The zero-order chi connectivity index (χ0) is 14.9. The van der Waals surface area contributed by atoms with E-state index in [9.17, 15) is 13.2 Å². The summed E-state index contributed by atoms with van der Waals surface area (Å²) in [5.74, 6) is 0.267. The van der Waals surface area contributed by atoms with E-state index in [1.807, 2.05) is 0 Å². The second kappa shape index (κ2) is 6.03. The average molecular weight is 381 g/mol. The molecule has 1 amide bonds. The van der Waals surface area contributed by atoms with Crippen LogP contribution in [0.5, 0.6) is 0 Å². The van der Waals surface area contributed by atoms with Crippen molar-refractivity contribution in [2.75, 3.05) is 6.54 Å². The van der Waals surface area contributed by atoms with Gasteiger partial charge >= 0.3 is 0 Å². The number of rotatable bonds is 4. The van der Waals surface area contributed by atoms with Crippen molar-refractivity contribution < 1.29 is 13.2 Å². The Morgan fingerprint density at radius 3 is 2.60 bits per heavy atom. The van der Waals surface area contributed by atoms with Crippen LogP contribution < -0.4 is 5.32 Å². The first kappa shape index (κ1) is 15.8. The van der Waals surface area contributed by atoms with Crippen LogP contribution in [0, 0.1) is 12.8 Å². The number of hydrogen-bond donors (Lipinski definition) is 1. The molecule has 0 aliphatic heterocycles. The first-order valence-corrected chi connectivity index (χ1v) is 9.42. The van der Waals surface area contributed by atoms with Gasteiger partial charge in [-0.3, -0.25) is 4.79 Å². The molecule has 1 aromatic rings. The van der Waals surface area contributed by atoms with E-state index < -0.39 is 9.05 Å². The molecule has 0 saturated heterocycles. The molecule has 0 spiro atoms. The summed E-state index contributed by atoms with van der Waals surface area (Å²) in [7, 11) is 1.52. The van der Waals surface area contributed by atoms with Crippen molar-refractivity contribution in [3.63, 3.8) is 0 Å². The number of halogens is 2. The van der Waals surface area contributed by atoms with Crippen molar-refractivity contribution in [3.8, 4) is 0 Å². The molecule has 20 heavy (non-hydrogen) atoms. The zero-order valence-corrected chi connectivity index (χ0v) is 14.1. The van der Waals surface area contributed by atoms with Crippen LogP contribution in [-0.2, 0) is 9.05 Å². The smallest absolute Gasteiger partial charge is 0.261 e. The van der Waals surface area contributed by atoms with E-state index in [1.165, 1.54) is 12.5 Å². The third kappa shape index (κ3) is 3.54. The Bertz CT molecular complexity index is 641. The van der Waals surface area contributed by atoms with Gasteiger partial charge < -0.3 is 5.32 Å². The molecular weight excluding hydrogens is 366 g/mol. The molecule has 0 bridgehead atoms. The van der Waals surface area contributed by atoms with Crippen LogP contribution in [0.4, 0.5) is 0 Å². The van der Waals surface area contributed by atoms with Crippen molar-refractivity contribution in [1.29, 1.82) is 0 Å². The predicted molar refractivity (Wildman–Crippen MR) is 81.6 cm³/mol. The largest absolute Gasteiger partial charge is 0.352 e. The van der Waals surface area contributed by atoms with Gasteiger partial charge in [-0.25, -0.2) is 8.42 Å². The Kier molecular flexibility index (Phi) is 4.76. The van der Waals surface area contributed by atoms with Gasteiger partial charge in [-0.1, -0.05) is 22.4 Å². The Morgan fingerprint density at radius 2 is 2.10 bits per heavy atom. The molecule has 0 atom stereocenters. The number of carbonyl (C=O) groups is 1. The molecule has 4 nitrogen and oxygen atoms in total. The van der Waals surface area contributed by atoms with E-state index in [-0.39, 0.29) is 10.8 Å². The minimum absolute atomic E-state index is 0.0395. The lowest BCUT2D eigenvalue weighted by Crippen LogP contribution is -2.32. The minimum Gasteiger partial charge on any atom is -0.352 e. The van der Waals surface area contributed by atoms with Crippen molar-refractivity contribution in [3.05, 3.63) is 27.7 Å². The lowest BCUT2D eigenvalue weighted by atomic mass is 9.85. The van der Waals surface area contributed by atoms with Crippen molar-refractivity contribution >= 4 is 41.6 Å². The Morgan fingerprint density at radius 1 is 1.45 bits per heavy atom. The summed E-state index contributed by atoms with van der Waals surface area (Å²) >= 11 is 3.26. The fourth-order valence-electron chi connectivity index (χ4n) is 2.07. The molecule has 0 radical (unpaired) electrons. The molecule has 2 rings (SSSR count). The van der Waals surface area contributed by atoms with Gasteiger partial charge in [0, 0.05) is 27.3 Å². The number of amides is 1. The first-order chi connectivity index (χ1) is 9.29. The van der Waals surface area contributed by atoms with Crippen LogP contribution in [0.3, 0.4) is 0 Å². The third-order valence-corrected chi connectivity index (χ3v) is 5.87. The van der Waals surface area contributed by atoms with Gasteiger partial charge in [0.25, 0.3) is 15.0 Å². The van der Waals surface area contributed by atoms with E-state index in [2.05, 4.69) is 21.2 Å². The quantitative estimate of drug-likeness (QED) is 0.816. The van der Waals surface area contributed by atoms with Gasteiger partial charge in [0.1, 0.15) is 0 Å². The maximum Gasteiger partial charge on any atom is 0.261 e. The first-order valence-electron chi connectivity index (χ1n) is 6.32. The highest BCUT2D eigenvalue weighted by atomic mass is 79.9. The topological polar surface area (TPSA) is 63.2 Å². The summed E-state index contributed by atoms with van der Waals surface area (Å²) in [6.07, 6.45) is 3.49. The van der Waals surface area contributed by atoms with Gasteiger partial charge in [0.05, 0.1) is 4.90 Å². The number of hydrogen-bond acceptors (Lipinski definition) is 3. The van der Waals surface area contributed by atoms with Gasteiger partial charge in [-0.05, 0) is 43.4 Å². The zero-order valence-electron chi connectivity index (χ0n) is 10.9. The molecule has 0 heterocycles. The average Bonchev–Trinajstić information content (AvgIpc) is 2.28. The SMILES string of the molecule is Cc1c(Br)cc(C(=O)NCC2CCC2)cc1S(=O)(=O)Cl. The molecule has 1 aliphatic rings. The molecule has 1 fully saturated rings. The molecule has 1 aromatic carbocycles. The summed E-state index contributed by atoms with van der Waals surface area (Å²) in [4.78, 5) is 12.0. The fourth-order valence-corrected chi connectivity index (χ4v) is 3.89. The van der Waals surface area contributed by atoms with Crippen molar-refractivity contribution in [2.24, 2.45) is 5.92 Å². The summed E-state index contributed by atoms with van der Waals surface area (Å²) in [5.41, 5.74) is 0.788. The number of carbonyl (C=O) groups excluding carboxylic acids is 1. The molecule has 0 aromatic heterocycles. The molecule has 1 N–H and O–H groups in total. The maximum atomic E-state index is 12.1. The minimum atomic E-state index is -3.87. The maximum absolute atomic E-state index is 12.1. The lowest BCUT2D eigenvalue weighted by Gasteiger charge is -2.25. The van der Waals surface area contributed by atoms with Crippen LogP contribution in [0.25, 0.3) is 0 Å². The molecule has 1 aliphatic carbocycles. The third-order valence-electron chi connectivity index (χ3n) is 3.60. The van der Waals surface area contributed by atoms with Gasteiger partial charge in [-0.15, -0.1) is 0 Å². The highest BCUT2D eigenvalue weighted by Crippen LogP contribution is 2.28. The van der Waals surface area contributed by atoms with E-state index in [0.29, 0.717) is 28.1 Å². The second-order valence-electron chi connectivity index (χ2n) is 5.03. The van der Waals surface area contributed by atoms with Crippen LogP contribution in [0.1, 0.15) is 35.2 Å². The van der Waals surface area contributed by atoms with E-state index in [1.54, 1.807) is 13.0 Å². The van der Waals surface area contributed by atoms with E-state index >= 15 is 0 Å². The molecular formula is C13H15BrClNO3S. The predicted octanol–water partition coefficient (Wildman–Crippen LogP) is 3.21. The van der Waals surface area contributed by atoms with Crippen LogP contribution >= 0.6 is 26.6 Å². The standard InChI is InChI=1S/C13H15BrClNO3S/c1-8-11(14)5-10(6-12(8)20(15,18)19)13(17)16-7-9-3-2-4-9/h5-6,9H,2-4,7H2,1H3,(H,16,17). The van der Waals surface area contributed by atoms with Gasteiger partial charge in [-0.2, -0.15) is 0 Å². The normalized spacial score (nSPS) is 15.8. The van der Waals surface area contributed by atoms with E-state index in [4.69, 9.17) is 10.7 Å². The Hall–Kier alpha value is -0.590.